The van der Waals surface area contributed by atoms with Gasteiger partial charge in [-0.3, -0.25) is 9.52 Å². The second kappa shape index (κ2) is 9.40. The second-order valence-corrected chi connectivity index (χ2v) is 8.03. The molecule has 0 aliphatic rings. The van der Waals surface area contributed by atoms with Crippen molar-refractivity contribution in [1.82, 2.24) is 0 Å². The van der Waals surface area contributed by atoms with E-state index in [2.05, 4.69) is 10.0 Å². The van der Waals surface area contributed by atoms with E-state index >= 15 is 0 Å². The van der Waals surface area contributed by atoms with Crippen LogP contribution < -0.4 is 24.2 Å². The summed E-state index contributed by atoms with van der Waals surface area (Å²) in [5.41, 5.74) is 0.710. The normalized spacial score (nSPS) is 10.8. The number of sulfonamides is 1. The van der Waals surface area contributed by atoms with Crippen LogP contribution in [0.15, 0.2) is 71.6 Å². The molecule has 0 bridgehead atoms. The Morgan fingerprint density at radius 1 is 0.774 bits per heavy atom. The number of hydrogen-bond donors (Lipinski definition) is 2. The van der Waals surface area contributed by atoms with Crippen molar-refractivity contribution in [2.24, 2.45) is 0 Å². The average molecular weight is 442 g/mol. The van der Waals surface area contributed by atoms with E-state index in [1.54, 1.807) is 42.5 Å². The van der Waals surface area contributed by atoms with Gasteiger partial charge in [-0.05, 0) is 48.5 Å². The van der Waals surface area contributed by atoms with Crippen LogP contribution in [0.25, 0.3) is 0 Å². The molecule has 2 N–H and O–H groups in total. The molecule has 0 spiro atoms. The highest BCUT2D eigenvalue weighted by Gasteiger charge is 2.19. The van der Waals surface area contributed by atoms with Crippen LogP contribution in [0.1, 0.15) is 10.4 Å². The average Bonchev–Trinajstić information content (AvgIpc) is 2.79. The van der Waals surface area contributed by atoms with Gasteiger partial charge in [-0.1, -0.05) is 12.1 Å². The lowest BCUT2D eigenvalue weighted by Gasteiger charge is -2.15. The van der Waals surface area contributed by atoms with E-state index in [0.717, 1.165) is 0 Å². The van der Waals surface area contributed by atoms with E-state index in [1.807, 2.05) is 0 Å². The molecule has 8 nitrogen and oxygen atoms in total. The first-order chi connectivity index (χ1) is 14.9. The Labute approximate surface area is 180 Å². The molecule has 162 valence electrons. The first kappa shape index (κ1) is 22.0. The molecule has 0 atom stereocenters. The highest BCUT2D eigenvalue weighted by atomic mass is 32.2. The second-order valence-electron chi connectivity index (χ2n) is 6.35. The molecular weight excluding hydrogens is 420 g/mol. The Balaban J connectivity index is 1.87. The lowest BCUT2D eigenvalue weighted by atomic mass is 10.1. The number of anilines is 2. The topological polar surface area (TPSA) is 103 Å². The number of carbonyl (C=O) groups excluding carboxylic acids is 1. The molecule has 3 aromatic carbocycles. The van der Waals surface area contributed by atoms with Crippen molar-refractivity contribution in [3.8, 4) is 17.2 Å². The Hall–Kier alpha value is -3.72. The number of methoxy groups -OCH3 is 3. The summed E-state index contributed by atoms with van der Waals surface area (Å²) in [6.45, 7) is 0. The number of nitrogens with one attached hydrogen (secondary N) is 2. The summed E-state index contributed by atoms with van der Waals surface area (Å²) in [4.78, 5) is 13.0. The number of hydrogen-bond acceptors (Lipinski definition) is 6. The summed E-state index contributed by atoms with van der Waals surface area (Å²) >= 11 is 0. The molecule has 0 fully saturated rings. The Morgan fingerprint density at radius 3 is 2.06 bits per heavy atom. The fraction of sp³-hybridized carbons (Fsp3) is 0.136. The summed E-state index contributed by atoms with van der Waals surface area (Å²) in [6.07, 6.45) is 0. The van der Waals surface area contributed by atoms with Crippen LogP contribution in [0.4, 0.5) is 11.4 Å². The molecule has 0 aromatic heterocycles. The molecule has 9 heteroatoms. The monoisotopic (exact) mass is 442 g/mol. The molecule has 0 aliphatic carbocycles. The van der Waals surface area contributed by atoms with Crippen molar-refractivity contribution in [1.29, 1.82) is 0 Å². The van der Waals surface area contributed by atoms with Crippen LogP contribution in [0, 0.1) is 0 Å². The molecule has 1 amide bonds. The van der Waals surface area contributed by atoms with Gasteiger partial charge in [0.1, 0.15) is 17.2 Å². The van der Waals surface area contributed by atoms with Crippen LogP contribution in [-0.2, 0) is 10.0 Å². The number of benzene rings is 3. The van der Waals surface area contributed by atoms with Gasteiger partial charge in [0.2, 0.25) is 0 Å². The SMILES string of the molecule is COc1ccc(S(=O)(=O)Nc2ccccc2C(=O)Nc2ccc(OC)cc2OC)cc1. The summed E-state index contributed by atoms with van der Waals surface area (Å²) in [7, 11) is 0.578. The quantitative estimate of drug-likeness (QED) is 0.551. The van der Waals surface area contributed by atoms with Gasteiger partial charge < -0.3 is 19.5 Å². The Bertz CT molecular complexity index is 1180. The maximum atomic E-state index is 12.9. The van der Waals surface area contributed by atoms with Gasteiger partial charge >= 0.3 is 0 Å². The zero-order valence-corrected chi connectivity index (χ0v) is 18.0. The number of para-hydroxylation sites is 1. The summed E-state index contributed by atoms with van der Waals surface area (Å²) in [5, 5.41) is 2.74. The molecule has 3 rings (SSSR count). The van der Waals surface area contributed by atoms with E-state index < -0.39 is 15.9 Å². The third kappa shape index (κ3) is 5.07. The highest BCUT2D eigenvalue weighted by Crippen LogP contribution is 2.30. The van der Waals surface area contributed by atoms with Crippen LogP contribution >= 0.6 is 0 Å². The van der Waals surface area contributed by atoms with Gasteiger partial charge in [0.15, 0.2) is 0 Å². The van der Waals surface area contributed by atoms with Crippen molar-refractivity contribution in [2.45, 2.75) is 4.90 Å². The zero-order chi connectivity index (χ0) is 22.4. The highest BCUT2D eigenvalue weighted by molar-refractivity contribution is 7.92. The molecule has 0 heterocycles. The lowest BCUT2D eigenvalue weighted by molar-refractivity contribution is 0.102. The van der Waals surface area contributed by atoms with Crippen LogP contribution in [0.5, 0.6) is 17.2 Å². The van der Waals surface area contributed by atoms with Crippen molar-refractivity contribution in [3.05, 3.63) is 72.3 Å². The maximum absolute atomic E-state index is 12.9. The van der Waals surface area contributed by atoms with Gasteiger partial charge in [0, 0.05) is 6.07 Å². The van der Waals surface area contributed by atoms with Crippen molar-refractivity contribution < 1.29 is 27.4 Å². The molecular formula is C22H22N2O6S. The zero-order valence-electron chi connectivity index (χ0n) is 17.2. The largest absolute Gasteiger partial charge is 0.497 e. The minimum Gasteiger partial charge on any atom is -0.497 e. The standard InChI is InChI=1S/C22H22N2O6S/c1-28-15-8-11-17(12-9-15)31(26,27)24-19-7-5-4-6-18(19)22(25)23-20-13-10-16(29-2)14-21(20)30-3/h4-14,24H,1-3H3,(H,23,25). The molecule has 0 aliphatic heterocycles. The molecule has 3 aromatic rings. The number of ether oxygens (including phenoxy) is 3. The van der Waals surface area contributed by atoms with E-state index in [4.69, 9.17) is 14.2 Å². The van der Waals surface area contributed by atoms with E-state index in [9.17, 15) is 13.2 Å². The summed E-state index contributed by atoms with van der Waals surface area (Å²) in [5.74, 6) is 1.01. The van der Waals surface area contributed by atoms with Gasteiger partial charge in [-0.25, -0.2) is 8.42 Å². The third-order valence-corrected chi connectivity index (χ3v) is 5.82. The first-order valence-electron chi connectivity index (χ1n) is 9.17. The van der Waals surface area contributed by atoms with E-state index in [-0.39, 0.29) is 16.1 Å². The maximum Gasteiger partial charge on any atom is 0.261 e. The van der Waals surface area contributed by atoms with Crippen molar-refractivity contribution in [3.63, 3.8) is 0 Å². The molecule has 0 unspecified atom stereocenters. The lowest BCUT2D eigenvalue weighted by Crippen LogP contribution is -2.19. The summed E-state index contributed by atoms with van der Waals surface area (Å²) < 4.78 is 43.6. The first-order valence-corrected chi connectivity index (χ1v) is 10.7. The predicted molar refractivity (Wildman–Crippen MR) is 118 cm³/mol. The Kier molecular flexibility index (Phi) is 6.66. The number of amides is 1. The van der Waals surface area contributed by atoms with Gasteiger partial charge in [-0.2, -0.15) is 0 Å². The van der Waals surface area contributed by atoms with E-state index in [0.29, 0.717) is 22.9 Å². The van der Waals surface area contributed by atoms with Gasteiger partial charge in [-0.15, -0.1) is 0 Å². The minimum absolute atomic E-state index is 0.0420. The molecule has 0 saturated heterocycles. The Morgan fingerprint density at radius 2 is 1.42 bits per heavy atom. The van der Waals surface area contributed by atoms with Crippen LogP contribution in [-0.4, -0.2) is 35.7 Å². The minimum atomic E-state index is -3.92. The fourth-order valence-corrected chi connectivity index (χ4v) is 3.90. The molecule has 31 heavy (non-hydrogen) atoms. The fourth-order valence-electron chi connectivity index (χ4n) is 2.82. The molecule has 0 radical (unpaired) electrons. The van der Waals surface area contributed by atoms with Gasteiger partial charge in [0.05, 0.1) is 43.2 Å². The third-order valence-electron chi connectivity index (χ3n) is 4.44. The smallest absolute Gasteiger partial charge is 0.261 e. The van der Waals surface area contributed by atoms with E-state index in [1.165, 1.54) is 45.6 Å². The predicted octanol–water partition coefficient (Wildman–Crippen LogP) is 3.77. The van der Waals surface area contributed by atoms with Crippen LogP contribution in [0.3, 0.4) is 0 Å². The van der Waals surface area contributed by atoms with Crippen molar-refractivity contribution in [2.75, 3.05) is 31.4 Å². The van der Waals surface area contributed by atoms with Crippen molar-refractivity contribution >= 4 is 27.3 Å². The number of carbonyl (C=O) groups is 1. The summed E-state index contributed by atoms with van der Waals surface area (Å²) in [6, 6.07) is 17.2. The molecule has 0 saturated carbocycles. The van der Waals surface area contributed by atoms with Crippen LogP contribution in [0.2, 0.25) is 0 Å². The number of rotatable bonds is 8. The van der Waals surface area contributed by atoms with Gasteiger partial charge in [0.25, 0.3) is 15.9 Å².